The first kappa shape index (κ1) is 18.1. The molecule has 0 amide bonds. The summed E-state index contributed by atoms with van der Waals surface area (Å²) in [4.78, 5) is 0. The summed E-state index contributed by atoms with van der Waals surface area (Å²) in [6, 6.07) is 8.41. The molecule has 0 saturated heterocycles. The average molecular weight is 293 g/mol. The summed E-state index contributed by atoms with van der Waals surface area (Å²) in [5.74, 6) is 0. The number of aryl methyl sites for hydroxylation is 1. The van der Waals surface area contributed by atoms with Crippen LogP contribution in [0.4, 0.5) is 0 Å². The van der Waals surface area contributed by atoms with Crippen molar-refractivity contribution in [2.75, 3.05) is 19.8 Å². The van der Waals surface area contributed by atoms with Gasteiger partial charge in [0.2, 0.25) is 0 Å². The third-order valence-corrected chi connectivity index (χ3v) is 3.21. The van der Waals surface area contributed by atoms with E-state index >= 15 is 0 Å². The molecule has 0 aliphatic carbocycles. The average Bonchev–Trinajstić information content (AvgIpc) is 2.37. The summed E-state index contributed by atoms with van der Waals surface area (Å²) < 4.78 is 11.6. The zero-order valence-corrected chi connectivity index (χ0v) is 14.4. The molecule has 0 saturated carbocycles. The molecule has 1 atom stereocenters. The molecule has 0 aromatic heterocycles. The first-order valence-corrected chi connectivity index (χ1v) is 7.83. The third-order valence-electron chi connectivity index (χ3n) is 3.21. The van der Waals surface area contributed by atoms with Gasteiger partial charge in [-0.1, -0.05) is 24.3 Å². The molecule has 1 rings (SSSR count). The number of hydrogen-bond donors (Lipinski definition) is 1. The van der Waals surface area contributed by atoms with Gasteiger partial charge in [-0.2, -0.15) is 0 Å². The lowest BCUT2D eigenvalue weighted by atomic mass is 10.0. The summed E-state index contributed by atoms with van der Waals surface area (Å²) in [5.41, 5.74) is 2.60. The molecule has 0 fully saturated rings. The van der Waals surface area contributed by atoms with Gasteiger partial charge in [-0.15, -0.1) is 0 Å². The van der Waals surface area contributed by atoms with Gasteiger partial charge >= 0.3 is 0 Å². The zero-order chi connectivity index (χ0) is 15.9. The minimum Gasteiger partial charge on any atom is -0.376 e. The van der Waals surface area contributed by atoms with Gasteiger partial charge in [0, 0.05) is 12.1 Å². The van der Waals surface area contributed by atoms with E-state index < -0.39 is 0 Å². The van der Waals surface area contributed by atoms with E-state index in [0.717, 1.165) is 6.54 Å². The fourth-order valence-corrected chi connectivity index (χ4v) is 2.08. The Balaban J connectivity index is 2.64. The van der Waals surface area contributed by atoms with Gasteiger partial charge in [0.25, 0.3) is 0 Å². The molecule has 3 nitrogen and oxygen atoms in total. The van der Waals surface area contributed by atoms with Crippen molar-refractivity contribution in [1.82, 2.24) is 5.32 Å². The molecular weight excluding hydrogens is 262 g/mol. The molecule has 0 aliphatic heterocycles. The molecular formula is C18H31NO2. The predicted octanol–water partition coefficient (Wildman–Crippen LogP) is 3.87. The summed E-state index contributed by atoms with van der Waals surface area (Å²) in [6.07, 6.45) is 0.305. The smallest absolute Gasteiger partial charge is 0.0953 e. The van der Waals surface area contributed by atoms with Gasteiger partial charge in [-0.25, -0.2) is 0 Å². The molecule has 21 heavy (non-hydrogen) atoms. The highest BCUT2D eigenvalue weighted by Crippen LogP contribution is 2.21. The van der Waals surface area contributed by atoms with E-state index in [1.54, 1.807) is 0 Å². The van der Waals surface area contributed by atoms with Crippen LogP contribution in [0, 0.1) is 6.92 Å². The molecule has 1 N–H and O–H groups in total. The Morgan fingerprint density at radius 3 is 2.24 bits per heavy atom. The Hall–Kier alpha value is -0.900. The third kappa shape index (κ3) is 7.60. The standard InChI is InChI=1S/C18H31NO2/c1-14(2)20-11-12-21-17(13-19-18(4,5)6)16-10-8-7-9-15(16)3/h7-10,14,17,19H,11-13H2,1-6H3. The van der Waals surface area contributed by atoms with Crippen LogP contribution >= 0.6 is 0 Å². The van der Waals surface area contributed by atoms with Crippen molar-refractivity contribution in [2.45, 2.75) is 59.3 Å². The van der Waals surface area contributed by atoms with Crippen LogP contribution in [0.2, 0.25) is 0 Å². The van der Waals surface area contributed by atoms with Crippen LogP contribution in [0.15, 0.2) is 24.3 Å². The quantitative estimate of drug-likeness (QED) is 0.738. The second kappa shape index (κ2) is 8.52. The van der Waals surface area contributed by atoms with Gasteiger partial charge in [0.05, 0.1) is 25.4 Å². The summed E-state index contributed by atoms with van der Waals surface area (Å²) >= 11 is 0. The maximum atomic E-state index is 6.07. The number of rotatable bonds is 8. The first-order valence-electron chi connectivity index (χ1n) is 7.83. The van der Waals surface area contributed by atoms with Crippen molar-refractivity contribution >= 4 is 0 Å². The van der Waals surface area contributed by atoms with E-state index in [2.05, 4.69) is 57.3 Å². The SMILES string of the molecule is Cc1ccccc1C(CNC(C)(C)C)OCCOC(C)C. The van der Waals surface area contributed by atoms with E-state index in [9.17, 15) is 0 Å². The van der Waals surface area contributed by atoms with Crippen LogP contribution < -0.4 is 5.32 Å². The fourth-order valence-electron chi connectivity index (χ4n) is 2.08. The predicted molar refractivity (Wildman–Crippen MR) is 88.7 cm³/mol. The largest absolute Gasteiger partial charge is 0.376 e. The Morgan fingerprint density at radius 2 is 1.67 bits per heavy atom. The van der Waals surface area contributed by atoms with E-state index in [-0.39, 0.29) is 17.7 Å². The molecule has 0 spiro atoms. The lowest BCUT2D eigenvalue weighted by Crippen LogP contribution is -2.39. The van der Waals surface area contributed by atoms with Gasteiger partial charge in [0.1, 0.15) is 0 Å². The second-order valence-corrected chi connectivity index (χ2v) is 6.77. The summed E-state index contributed by atoms with van der Waals surface area (Å²) in [5, 5.41) is 3.53. The van der Waals surface area contributed by atoms with Crippen LogP contribution in [0.1, 0.15) is 51.8 Å². The molecule has 0 radical (unpaired) electrons. The Kier molecular flexibility index (Phi) is 7.36. The zero-order valence-electron chi connectivity index (χ0n) is 14.4. The normalized spacial score (nSPS) is 13.7. The van der Waals surface area contributed by atoms with Crippen LogP contribution in [0.25, 0.3) is 0 Å². The van der Waals surface area contributed by atoms with E-state index in [1.807, 2.05) is 13.8 Å². The molecule has 1 aromatic carbocycles. The number of hydrogen-bond acceptors (Lipinski definition) is 3. The number of benzene rings is 1. The van der Waals surface area contributed by atoms with Crippen molar-refractivity contribution in [1.29, 1.82) is 0 Å². The summed E-state index contributed by atoms with van der Waals surface area (Å²) in [6.45, 7) is 14.8. The van der Waals surface area contributed by atoms with Crippen LogP contribution in [-0.2, 0) is 9.47 Å². The topological polar surface area (TPSA) is 30.5 Å². The van der Waals surface area contributed by atoms with Gasteiger partial charge in [0.15, 0.2) is 0 Å². The van der Waals surface area contributed by atoms with Crippen molar-refractivity contribution in [3.63, 3.8) is 0 Å². The van der Waals surface area contributed by atoms with E-state index in [4.69, 9.17) is 9.47 Å². The molecule has 3 heteroatoms. The van der Waals surface area contributed by atoms with Crippen molar-refractivity contribution in [3.05, 3.63) is 35.4 Å². The highest BCUT2D eigenvalue weighted by molar-refractivity contribution is 5.28. The monoisotopic (exact) mass is 293 g/mol. The molecule has 120 valence electrons. The fraction of sp³-hybridized carbons (Fsp3) is 0.667. The van der Waals surface area contributed by atoms with Crippen molar-refractivity contribution in [3.8, 4) is 0 Å². The lowest BCUT2D eigenvalue weighted by molar-refractivity contribution is -0.0148. The maximum absolute atomic E-state index is 6.07. The van der Waals surface area contributed by atoms with Crippen molar-refractivity contribution < 1.29 is 9.47 Å². The highest BCUT2D eigenvalue weighted by atomic mass is 16.5. The van der Waals surface area contributed by atoms with Gasteiger partial charge in [-0.3, -0.25) is 0 Å². The number of nitrogens with one attached hydrogen (secondary N) is 1. The Bertz CT molecular complexity index is 410. The van der Waals surface area contributed by atoms with Gasteiger partial charge < -0.3 is 14.8 Å². The van der Waals surface area contributed by atoms with E-state index in [1.165, 1.54) is 11.1 Å². The lowest BCUT2D eigenvalue weighted by Gasteiger charge is -2.26. The highest BCUT2D eigenvalue weighted by Gasteiger charge is 2.17. The Labute approximate surface area is 130 Å². The second-order valence-electron chi connectivity index (χ2n) is 6.77. The molecule has 0 heterocycles. The summed E-state index contributed by atoms with van der Waals surface area (Å²) in [7, 11) is 0. The minimum absolute atomic E-state index is 0.0567. The molecule has 0 aliphatic rings. The van der Waals surface area contributed by atoms with Crippen LogP contribution in [0.5, 0.6) is 0 Å². The number of ether oxygens (including phenoxy) is 2. The molecule has 1 unspecified atom stereocenters. The minimum atomic E-state index is 0.0567. The Morgan fingerprint density at radius 1 is 1.05 bits per heavy atom. The van der Waals surface area contributed by atoms with Crippen LogP contribution in [-0.4, -0.2) is 31.4 Å². The van der Waals surface area contributed by atoms with Crippen LogP contribution in [0.3, 0.4) is 0 Å². The van der Waals surface area contributed by atoms with Gasteiger partial charge in [-0.05, 0) is 52.7 Å². The van der Waals surface area contributed by atoms with Crippen molar-refractivity contribution in [2.24, 2.45) is 0 Å². The first-order chi connectivity index (χ1) is 9.79. The molecule has 1 aromatic rings. The maximum Gasteiger partial charge on any atom is 0.0953 e. The van der Waals surface area contributed by atoms with E-state index in [0.29, 0.717) is 13.2 Å². The molecule has 0 bridgehead atoms.